The third kappa shape index (κ3) is 4.50. The summed E-state index contributed by atoms with van der Waals surface area (Å²) in [5.74, 6) is -0.488. The fraction of sp³-hybridized carbons (Fsp3) is 0.167. The van der Waals surface area contributed by atoms with Crippen LogP contribution in [0.25, 0.3) is 16.7 Å². The lowest BCUT2D eigenvalue weighted by Crippen LogP contribution is -2.30. The molecule has 7 nitrogen and oxygen atoms in total. The van der Waals surface area contributed by atoms with Gasteiger partial charge >= 0.3 is 0 Å². The van der Waals surface area contributed by atoms with Crippen molar-refractivity contribution in [3.8, 4) is 5.69 Å². The summed E-state index contributed by atoms with van der Waals surface area (Å²) in [6.45, 7) is 4.20. The lowest BCUT2D eigenvalue weighted by atomic mass is 10.2. The Morgan fingerprint density at radius 1 is 1.03 bits per heavy atom. The number of benzene rings is 3. The van der Waals surface area contributed by atoms with Gasteiger partial charge < -0.3 is 5.32 Å². The van der Waals surface area contributed by atoms with Crippen LogP contribution in [0.3, 0.4) is 0 Å². The molecule has 0 unspecified atom stereocenters. The van der Waals surface area contributed by atoms with Crippen LogP contribution >= 0.6 is 11.6 Å². The van der Waals surface area contributed by atoms with Crippen LogP contribution in [0, 0.1) is 0 Å². The predicted molar refractivity (Wildman–Crippen MR) is 131 cm³/mol. The van der Waals surface area contributed by atoms with Crippen molar-refractivity contribution < 1.29 is 13.2 Å². The second-order valence-electron chi connectivity index (χ2n) is 7.34. The minimum Gasteiger partial charge on any atom is -0.322 e. The summed E-state index contributed by atoms with van der Waals surface area (Å²) in [4.78, 5) is 17.3. The predicted octanol–water partition coefficient (Wildman–Crippen LogP) is 4.96. The monoisotopic (exact) mass is 482 g/mol. The van der Waals surface area contributed by atoms with Gasteiger partial charge in [-0.05, 0) is 54.6 Å². The smallest absolute Gasteiger partial charge is 0.257 e. The highest BCUT2D eigenvalue weighted by Gasteiger charge is 2.24. The van der Waals surface area contributed by atoms with Crippen LogP contribution in [0.1, 0.15) is 24.2 Å². The van der Waals surface area contributed by atoms with E-state index in [0.717, 1.165) is 16.7 Å². The first-order valence-electron chi connectivity index (χ1n) is 10.5. The van der Waals surface area contributed by atoms with Gasteiger partial charge in [0.05, 0.1) is 26.5 Å². The fourth-order valence-corrected chi connectivity index (χ4v) is 5.31. The van der Waals surface area contributed by atoms with E-state index in [4.69, 9.17) is 11.6 Å². The van der Waals surface area contributed by atoms with E-state index in [0.29, 0.717) is 18.8 Å². The van der Waals surface area contributed by atoms with Crippen LogP contribution < -0.4 is 5.32 Å². The Labute approximate surface area is 197 Å². The Hall–Kier alpha value is -3.20. The normalized spacial score (nSPS) is 11.8. The highest BCUT2D eigenvalue weighted by Crippen LogP contribution is 2.25. The summed E-state index contributed by atoms with van der Waals surface area (Å²) < 4.78 is 28.9. The standard InChI is InChI=1S/C24H23ClN4O3S/c1-3-28(4-2)33(31,32)19-13-14-21(25)20(15-19)24(30)27-17-9-11-18(12-10-17)29-16-26-22-7-5-6-8-23(22)29/h5-16H,3-4H2,1-2H3,(H,27,30). The van der Waals surface area contributed by atoms with Crippen LogP contribution in [0.15, 0.2) is 78.0 Å². The third-order valence-corrected chi connectivity index (χ3v) is 7.76. The topological polar surface area (TPSA) is 84.3 Å². The van der Waals surface area contributed by atoms with E-state index < -0.39 is 15.9 Å². The molecule has 1 N–H and O–H groups in total. The van der Waals surface area contributed by atoms with Gasteiger partial charge in [0, 0.05) is 24.5 Å². The number of carbonyl (C=O) groups excluding carboxylic acids is 1. The van der Waals surface area contributed by atoms with Gasteiger partial charge in [0.2, 0.25) is 10.0 Å². The van der Waals surface area contributed by atoms with Crippen molar-refractivity contribution in [2.24, 2.45) is 0 Å². The molecule has 3 aromatic carbocycles. The number of anilines is 1. The number of nitrogens with one attached hydrogen (secondary N) is 1. The Balaban J connectivity index is 1.57. The van der Waals surface area contributed by atoms with Crippen molar-refractivity contribution in [3.63, 3.8) is 0 Å². The number of nitrogens with zero attached hydrogens (tertiary/aromatic N) is 3. The van der Waals surface area contributed by atoms with Gasteiger partial charge in [0.25, 0.3) is 5.91 Å². The number of aromatic nitrogens is 2. The van der Waals surface area contributed by atoms with E-state index >= 15 is 0 Å². The zero-order chi connectivity index (χ0) is 23.6. The van der Waals surface area contributed by atoms with Crippen molar-refractivity contribution in [2.45, 2.75) is 18.7 Å². The van der Waals surface area contributed by atoms with Gasteiger partial charge in [-0.25, -0.2) is 13.4 Å². The molecule has 170 valence electrons. The lowest BCUT2D eigenvalue weighted by molar-refractivity contribution is 0.102. The van der Waals surface area contributed by atoms with Gasteiger partial charge in [-0.3, -0.25) is 9.36 Å². The molecule has 0 aliphatic carbocycles. The van der Waals surface area contributed by atoms with Crippen molar-refractivity contribution >= 4 is 44.3 Å². The molecule has 4 rings (SSSR count). The average molecular weight is 483 g/mol. The zero-order valence-corrected chi connectivity index (χ0v) is 19.8. The molecule has 9 heteroatoms. The summed E-state index contributed by atoms with van der Waals surface area (Å²) in [7, 11) is -3.71. The molecule has 0 radical (unpaired) electrons. The molecule has 1 aromatic heterocycles. The minimum absolute atomic E-state index is 0.0306. The zero-order valence-electron chi connectivity index (χ0n) is 18.2. The number of fused-ring (bicyclic) bond motifs is 1. The van der Waals surface area contributed by atoms with Crippen molar-refractivity contribution in [3.05, 3.63) is 83.6 Å². The molecule has 33 heavy (non-hydrogen) atoms. The Bertz CT molecular complexity index is 1410. The second-order valence-corrected chi connectivity index (χ2v) is 9.68. The summed E-state index contributed by atoms with van der Waals surface area (Å²) >= 11 is 6.22. The maximum Gasteiger partial charge on any atom is 0.257 e. The van der Waals surface area contributed by atoms with Crippen molar-refractivity contribution in [1.29, 1.82) is 0 Å². The second kappa shape index (κ2) is 9.35. The van der Waals surface area contributed by atoms with E-state index in [1.807, 2.05) is 41.0 Å². The maximum absolute atomic E-state index is 12.9. The Morgan fingerprint density at radius 2 is 1.73 bits per heavy atom. The van der Waals surface area contributed by atoms with Crippen LogP contribution in [0.5, 0.6) is 0 Å². The molecule has 0 bridgehead atoms. The number of hydrogen-bond donors (Lipinski definition) is 1. The van der Waals surface area contributed by atoms with Crippen LogP contribution in [-0.2, 0) is 10.0 Å². The fourth-order valence-electron chi connectivity index (χ4n) is 3.62. The number of hydrogen-bond acceptors (Lipinski definition) is 4. The molecule has 0 atom stereocenters. The Kier molecular flexibility index (Phi) is 6.51. The number of halogens is 1. The van der Waals surface area contributed by atoms with E-state index in [1.54, 1.807) is 32.3 Å². The molecule has 0 fully saturated rings. The number of imidazole rings is 1. The molecule has 0 spiro atoms. The number of carbonyl (C=O) groups is 1. The summed E-state index contributed by atoms with van der Waals surface area (Å²) in [5.41, 5.74) is 3.42. The maximum atomic E-state index is 12.9. The van der Waals surface area contributed by atoms with E-state index in [1.165, 1.54) is 22.5 Å². The van der Waals surface area contributed by atoms with Gasteiger partial charge in [-0.2, -0.15) is 4.31 Å². The molecule has 0 saturated heterocycles. The molecular weight excluding hydrogens is 460 g/mol. The first-order valence-corrected chi connectivity index (χ1v) is 12.3. The van der Waals surface area contributed by atoms with Crippen LogP contribution in [-0.4, -0.2) is 41.3 Å². The molecule has 1 amide bonds. The molecule has 0 aliphatic heterocycles. The summed E-state index contributed by atoms with van der Waals surface area (Å²) in [6, 6.07) is 19.3. The largest absolute Gasteiger partial charge is 0.322 e. The van der Waals surface area contributed by atoms with Gasteiger partial charge in [0.15, 0.2) is 0 Å². The Morgan fingerprint density at radius 3 is 2.42 bits per heavy atom. The van der Waals surface area contributed by atoms with Crippen molar-refractivity contribution in [2.75, 3.05) is 18.4 Å². The molecular formula is C24H23ClN4O3S. The third-order valence-electron chi connectivity index (χ3n) is 5.38. The van der Waals surface area contributed by atoms with E-state index in [2.05, 4.69) is 10.3 Å². The highest BCUT2D eigenvalue weighted by atomic mass is 35.5. The quantitative estimate of drug-likeness (QED) is 0.403. The lowest BCUT2D eigenvalue weighted by Gasteiger charge is -2.19. The number of amides is 1. The number of para-hydroxylation sites is 2. The van der Waals surface area contributed by atoms with E-state index in [9.17, 15) is 13.2 Å². The molecule has 1 heterocycles. The summed E-state index contributed by atoms with van der Waals surface area (Å²) in [6.07, 6.45) is 1.75. The summed E-state index contributed by atoms with van der Waals surface area (Å²) in [5, 5.41) is 2.96. The van der Waals surface area contributed by atoms with Gasteiger partial charge in [-0.15, -0.1) is 0 Å². The van der Waals surface area contributed by atoms with Crippen LogP contribution in [0.2, 0.25) is 5.02 Å². The average Bonchev–Trinajstić information content (AvgIpc) is 3.24. The van der Waals surface area contributed by atoms with Gasteiger partial charge in [0.1, 0.15) is 6.33 Å². The van der Waals surface area contributed by atoms with Gasteiger partial charge in [-0.1, -0.05) is 37.6 Å². The highest BCUT2D eigenvalue weighted by molar-refractivity contribution is 7.89. The van der Waals surface area contributed by atoms with Crippen molar-refractivity contribution in [1.82, 2.24) is 13.9 Å². The molecule has 0 saturated carbocycles. The molecule has 4 aromatic rings. The SMILES string of the molecule is CCN(CC)S(=O)(=O)c1ccc(Cl)c(C(=O)Nc2ccc(-n3cnc4ccccc43)cc2)c1. The number of sulfonamides is 1. The molecule has 0 aliphatic rings. The number of rotatable bonds is 7. The first kappa shape index (κ1) is 23.0. The van der Waals surface area contributed by atoms with Crippen LogP contribution in [0.4, 0.5) is 5.69 Å². The van der Waals surface area contributed by atoms with E-state index in [-0.39, 0.29) is 15.5 Å². The first-order chi connectivity index (χ1) is 15.8. The minimum atomic E-state index is -3.71.